The molecule has 4 aromatic rings. The van der Waals surface area contributed by atoms with Crippen LogP contribution in [0.25, 0.3) is 23.2 Å². The molecule has 0 fully saturated rings. The van der Waals surface area contributed by atoms with Crippen molar-refractivity contribution in [1.29, 1.82) is 0 Å². The highest BCUT2D eigenvalue weighted by Gasteiger charge is 2.16. The molecule has 1 amide bonds. The fourth-order valence-electron chi connectivity index (χ4n) is 3.11. The van der Waals surface area contributed by atoms with Crippen LogP contribution in [0.3, 0.4) is 0 Å². The van der Waals surface area contributed by atoms with Gasteiger partial charge in [-0.2, -0.15) is 4.98 Å². The van der Waals surface area contributed by atoms with Crippen LogP contribution >= 0.6 is 34.8 Å². The van der Waals surface area contributed by atoms with Gasteiger partial charge in [-0.25, -0.2) is 4.68 Å². The lowest BCUT2D eigenvalue weighted by Gasteiger charge is -2.08. The Morgan fingerprint density at radius 1 is 1.00 bits per heavy atom. The summed E-state index contributed by atoms with van der Waals surface area (Å²) in [6, 6.07) is 22.5. The fourth-order valence-corrected chi connectivity index (χ4v) is 3.47. The van der Waals surface area contributed by atoms with E-state index < -0.39 is 0 Å². The van der Waals surface area contributed by atoms with Gasteiger partial charge in [-0.3, -0.25) is 4.79 Å². The van der Waals surface area contributed by atoms with Crippen molar-refractivity contribution in [1.82, 2.24) is 14.8 Å². The van der Waals surface area contributed by atoms with Gasteiger partial charge in [0, 0.05) is 11.3 Å². The first-order valence-corrected chi connectivity index (χ1v) is 11.6. The summed E-state index contributed by atoms with van der Waals surface area (Å²) < 4.78 is 7.42. The van der Waals surface area contributed by atoms with Crippen molar-refractivity contribution in [3.8, 4) is 23.1 Å². The molecule has 0 atom stereocenters. The van der Waals surface area contributed by atoms with Crippen LogP contribution in [0.4, 0.5) is 5.69 Å². The smallest absolute Gasteiger partial charge is 0.336 e. The SMILES string of the molecule is O=C(CCl)Nc1ccc(-n2nc(OC/C=C/c3ccccc3)nc2-c2ccc(Cl)c(Cl)c2)cc1. The van der Waals surface area contributed by atoms with Gasteiger partial charge in [0.25, 0.3) is 0 Å². The maximum atomic E-state index is 11.5. The first kappa shape index (κ1) is 23.8. The molecule has 0 bridgehead atoms. The summed E-state index contributed by atoms with van der Waals surface area (Å²) in [5, 5.41) is 8.07. The number of halogens is 3. The number of nitrogens with zero attached hydrogens (tertiary/aromatic N) is 3. The largest absolute Gasteiger partial charge is 0.458 e. The molecule has 0 saturated heterocycles. The maximum absolute atomic E-state index is 11.5. The third-order valence-electron chi connectivity index (χ3n) is 4.70. The summed E-state index contributed by atoms with van der Waals surface area (Å²) in [5.41, 5.74) is 3.12. The van der Waals surface area contributed by atoms with Crippen molar-refractivity contribution in [2.24, 2.45) is 0 Å². The number of ether oxygens (including phenoxy) is 1. The van der Waals surface area contributed by atoms with E-state index in [0.717, 1.165) is 11.1 Å². The topological polar surface area (TPSA) is 69.0 Å². The van der Waals surface area contributed by atoms with Crippen molar-refractivity contribution < 1.29 is 9.53 Å². The molecular weight excluding hydrogens is 495 g/mol. The first-order valence-electron chi connectivity index (χ1n) is 10.3. The predicted molar refractivity (Wildman–Crippen MR) is 137 cm³/mol. The summed E-state index contributed by atoms with van der Waals surface area (Å²) in [7, 11) is 0. The Kier molecular flexibility index (Phi) is 7.85. The molecule has 9 heteroatoms. The number of rotatable bonds is 8. The van der Waals surface area contributed by atoms with E-state index in [1.165, 1.54) is 0 Å². The molecule has 0 unspecified atom stereocenters. The third-order valence-corrected chi connectivity index (χ3v) is 5.68. The van der Waals surface area contributed by atoms with E-state index in [9.17, 15) is 4.79 Å². The van der Waals surface area contributed by atoms with Crippen LogP contribution in [-0.2, 0) is 4.79 Å². The highest BCUT2D eigenvalue weighted by molar-refractivity contribution is 6.42. The summed E-state index contributed by atoms with van der Waals surface area (Å²) in [5.74, 6) is 0.121. The Balaban J connectivity index is 1.61. The number of aromatic nitrogens is 3. The number of nitrogens with one attached hydrogen (secondary N) is 1. The van der Waals surface area contributed by atoms with Gasteiger partial charge >= 0.3 is 6.01 Å². The number of carbonyl (C=O) groups is 1. The zero-order valence-electron chi connectivity index (χ0n) is 17.8. The van der Waals surface area contributed by atoms with Gasteiger partial charge in [0.2, 0.25) is 5.91 Å². The van der Waals surface area contributed by atoms with Crippen molar-refractivity contribution in [3.63, 3.8) is 0 Å². The second-order valence-electron chi connectivity index (χ2n) is 7.11. The Labute approximate surface area is 211 Å². The van der Waals surface area contributed by atoms with E-state index in [2.05, 4.69) is 15.4 Å². The molecule has 0 radical (unpaired) electrons. The molecule has 1 N–H and O–H groups in total. The zero-order valence-corrected chi connectivity index (χ0v) is 20.1. The van der Waals surface area contributed by atoms with Crippen molar-refractivity contribution >= 4 is 52.5 Å². The molecule has 0 aliphatic rings. The quantitative estimate of drug-likeness (QED) is 0.273. The van der Waals surface area contributed by atoms with Gasteiger partial charge in [-0.1, -0.05) is 59.6 Å². The minimum atomic E-state index is -0.286. The Morgan fingerprint density at radius 3 is 2.47 bits per heavy atom. The van der Waals surface area contributed by atoms with Gasteiger partial charge < -0.3 is 10.1 Å². The molecule has 4 rings (SSSR count). The number of alkyl halides is 1. The van der Waals surface area contributed by atoms with E-state index in [0.29, 0.717) is 33.9 Å². The van der Waals surface area contributed by atoms with E-state index in [4.69, 9.17) is 39.5 Å². The minimum absolute atomic E-state index is 0.119. The molecule has 1 heterocycles. The summed E-state index contributed by atoms with van der Waals surface area (Å²) in [6.45, 7) is 0.295. The van der Waals surface area contributed by atoms with Gasteiger partial charge in [0.1, 0.15) is 12.5 Å². The molecule has 0 aliphatic heterocycles. The van der Waals surface area contributed by atoms with E-state index in [1.54, 1.807) is 41.1 Å². The number of benzene rings is 3. The lowest BCUT2D eigenvalue weighted by atomic mass is 10.2. The summed E-state index contributed by atoms with van der Waals surface area (Å²) in [4.78, 5) is 16.1. The van der Waals surface area contributed by atoms with Gasteiger partial charge in [-0.15, -0.1) is 16.7 Å². The van der Waals surface area contributed by atoms with Crippen molar-refractivity contribution in [2.45, 2.75) is 0 Å². The molecule has 172 valence electrons. The third kappa shape index (κ3) is 5.97. The zero-order chi connectivity index (χ0) is 23.9. The van der Waals surface area contributed by atoms with Crippen molar-refractivity contribution in [3.05, 3.63) is 94.5 Å². The lowest BCUT2D eigenvalue weighted by molar-refractivity contribution is -0.113. The second-order valence-corrected chi connectivity index (χ2v) is 8.19. The predicted octanol–water partition coefficient (Wildman–Crippen LogP) is 6.51. The van der Waals surface area contributed by atoms with Crippen molar-refractivity contribution in [2.75, 3.05) is 17.8 Å². The van der Waals surface area contributed by atoms with Crippen LogP contribution < -0.4 is 10.1 Å². The van der Waals surface area contributed by atoms with E-state index in [-0.39, 0.29) is 17.8 Å². The summed E-state index contributed by atoms with van der Waals surface area (Å²) >= 11 is 17.9. The van der Waals surface area contributed by atoms with Gasteiger partial charge in [0.15, 0.2) is 5.82 Å². The van der Waals surface area contributed by atoms with E-state index >= 15 is 0 Å². The fraction of sp³-hybridized carbons (Fsp3) is 0.0800. The van der Waals surface area contributed by atoms with Gasteiger partial charge in [0.05, 0.1) is 15.7 Å². The van der Waals surface area contributed by atoms with Crippen LogP contribution in [-0.4, -0.2) is 33.2 Å². The molecule has 3 aromatic carbocycles. The molecule has 0 spiro atoms. The number of hydrogen-bond donors (Lipinski definition) is 1. The maximum Gasteiger partial charge on any atom is 0.336 e. The number of hydrogen-bond acceptors (Lipinski definition) is 4. The Morgan fingerprint density at radius 2 is 1.76 bits per heavy atom. The highest BCUT2D eigenvalue weighted by atomic mass is 35.5. The number of amides is 1. The van der Waals surface area contributed by atoms with Crippen LogP contribution in [0.1, 0.15) is 5.56 Å². The Hall–Kier alpha value is -3.32. The average molecular weight is 514 g/mol. The monoisotopic (exact) mass is 512 g/mol. The highest BCUT2D eigenvalue weighted by Crippen LogP contribution is 2.30. The minimum Gasteiger partial charge on any atom is -0.458 e. The van der Waals surface area contributed by atoms with Gasteiger partial charge in [-0.05, 0) is 54.1 Å². The first-order chi connectivity index (χ1) is 16.5. The normalized spacial score (nSPS) is 11.0. The standard InChI is InChI=1S/C25H19Cl3N4O2/c26-16-23(33)29-19-9-11-20(12-10-19)32-24(18-8-13-21(27)22(28)15-18)30-25(31-32)34-14-4-7-17-5-2-1-3-6-17/h1-13,15H,14,16H2,(H,29,33)/b7-4+. The average Bonchev–Trinajstić information content (AvgIpc) is 3.29. The molecule has 0 saturated carbocycles. The van der Waals surface area contributed by atoms with Crippen LogP contribution in [0.5, 0.6) is 6.01 Å². The lowest BCUT2D eigenvalue weighted by Crippen LogP contribution is -2.12. The molecular formula is C25H19Cl3N4O2. The molecule has 34 heavy (non-hydrogen) atoms. The second kappa shape index (κ2) is 11.2. The Bertz CT molecular complexity index is 1310. The number of carbonyl (C=O) groups excluding carboxylic acids is 1. The van der Waals surface area contributed by atoms with Crippen LogP contribution in [0.2, 0.25) is 10.0 Å². The summed E-state index contributed by atoms with van der Waals surface area (Å²) in [6.07, 6.45) is 3.86. The molecule has 6 nitrogen and oxygen atoms in total. The molecule has 1 aromatic heterocycles. The van der Waals surface area contributed by atoms with Crippen LogP contribution in [0.15, 0.2) is 78.9 Å². The number of anilines is 1. The van der Waals surface area contributed by atoms with Crippen LogP contribution in [0, 0.1) is 0 Å². The van der Waals surface area contributed by atoms with E-state index in [1.807, 2.05) is 48.6 Å². The molecule has 0 aliphatic carbocycles.